The number of hydrogen-bond donors (Lipinski definition) is 2. The number of hydrogen-bond acceptors (Lipinski definition) is 8. The molecule has 1 amide bonds. The molecule has 0 atom stereocenters. The summed E-state index contributed by atoms with van der Waals surface area (Å²) in [5.74, 6) is -2.73. The third-order valence-corrected chi connectivity index (χ3v) is 8.71. The molecule has 37 heavy (non-hydrogen) atoms. The smallest absolute Gasteiger partial charge is 0.490 e. The van der Waals surface area contributed by atoms with Gasteiger partial charge in [0, 0.05) is 30.6 Å². The monoisotopic (exact) mass is 564 g/mol. The van der Waals surface area contributed by atoms with Crippen LogP contribution in [-0.4, -0.2) is 85.6 Å². The van der Waals surface area contributed by atoms with Crippen LogP contribution in [0.25, 0.3) is 0 Å². The lowest BCUT2D eigenvalue weighted by molar-refractivity contribution is -0.192. The average Bonchev–Trinajstić information content (AvgIpc) is 3.36. The van der Waals surface area contributed by atoms with Crippen molar-refractivity contribution in [3.8, 4) is 5.75 Å². The van der Waals surface area contributed by atoms with Crippen molar-refractivity contribution in [2.45, 2.75) is 30.5 Å². The molecular weight excluding hydrogens is 537 g/mol. The molecule has 2 N–H and O–H groups in total. The molecule has 1 saturated heterocycles. The average molecular weight is 565 g/mol. The minimum absolute atomic E-state index is 0.116. The van der Waals surface area contributed by atoms with E-state index in [4.69, 9.17) is 14.6 Å². The van der Waals surface area contributed by atoms with Gasteiger partial charge >= 0.3 is 12.1 Å². The number of carbonyl (C=O) groups excluding carboxylic acids is 1. The van der Waals surface area contributed by atoms with Crippen molar-refractivity contribution in [2.75, 3.05) is 39.8 Å². The number of benzene rings is 1. The van der Waals surface area contributed by atoms with E-state index in [0.29, 0.717) is 12.4 Å². The van der Waals surface area contributed by atoms with Gasteiger partial charge in [-0.25, -0.2) is 18.2 Å². The highest BCUT2D eigenvalue weighted by molar-refractivity contribution is 7.89. The van der Waals surface area contributed by atoms with Crippen molar-refractivity contribution in [1.29, 1.82) is 0 Å². The molecule has 1 aromatic heterocycles. The van der Waals surface area contributed by atoms with Crippen molar-refractivity contribution >= 4 is 33.2 Å². The molecule has 4 rings (SSSR count). The lowest BCUT2D eigenvalue weighted by Crippen LogP contribution is -2.53. The number of para-hydroxylation sites is 1. The second-order valence-corrected chi connectivity index (χ2v) is 11.6. The van der Waals surface area contributed by atoms with E-state index < -0.39 is 22.2 Å². The Morgan fingerprint density at radius 3 is 2.46 bits per heavy atom. The number of piperidine rings is 1. The maximum atomic E-state index is 13.4. The van der Waals surface area contributed by atoms with Gasteiger partial charge in [0.15, 0.2) is 0 Å². The summed E-state index contributed by atoms with van der Waals surface area (Å²) in [6.45, 7) is 2.96. The van der Waals surface area contributed by atoms with Crippen molar-refractivity contribution in [3.63, 3.8) is 0 Å². The Morgan fingerprint density at radius 2 is 1.89 bits per heavy atom. The Balaban J connectivity index is 0.000000479. The Bertz CT molecular complexity index is 1180. The summed E-state index contributed by atoms with van der Waals surface area (Å²) in [4.78, 5) is 27.8. The highest BCUT2D eigenvalue weighted by Crippen LogP contribution is 2.39. The molecule has 0 bridgehead atoms. The predicted molar refractivity (Wildman–Crippen MR) is 128 cm³/mol. The number of ether oxygens (including phenoxy) is 1. The molecule has 2 aromatic rings. The fourth-order valence-electron chi connectivity index (χ4n) is 4.05. The number of aliphatic carboxylic acids is 1. The fraction of sp³-hybridized carbons (Fsp3) is 0.500. The van der Waals surface area contributed by atoms with Crippen molar-refractivity contribution < 1.29 is 41.0 Å². The van der Waals surface area contributed by atoms with Crippen LogP contribution in [0.5, 0.6) is 5.75 Å². The third-order valence-electron chi connectivity index (χ3n) is 6.11. The molecule has 0 unspecified atom stereocenters. The highest BCUT2D eigenvalue weighted by Gasteiger charge is 2.43. The predicted octanol–water partition coefficient (Wildman–Crippen LogP) is 2.19. The van der Waals surface area contributed by atoms with Crippen molar-refractivity contribution in [1.82, 2.24) is 19.5 Å². The van der Waals surface area contributed by atoms with Crippen LogP contribution >= 0.6 is 11.3 Å². The van der Waals surface area contributed by atoms with E-state index in [1.54, 1.807) is 29.5 Å². The lowest BCUT2D eigenvalue weighted by Gasteiger charge is -2.44. The van der Waals surface area contributed by atoms with Gasteiger partial charge in [-0.15, -0.1) is 11.3 Å². The first kappa shape index (κ1) is 28.8. The number of fused-ring (bicyclic) bond motifs is 1. The number of likely N-dealkylation sites (N-methyl/N-ethyl adjacent to an activating group) is 1. The number of carboxylic acid groups (broad SMARTS) is 1. The molecule has 1 spiro atoms. The maximum Gasteiger partial charge on any atom is 0.490 e. The molecule has 2 aliphatic heterocycles. The second-order valence-electron chi connectivity index (χ2n) is 8.69. The minimum Gasteiger partial charge on any atom is -0.492 e. The summed E-state index contributed by atoms with van der Waals surface area (Å²) in [6.07, 6.45) is -1.69. The van der Waals surface area contributed by atoms with E-state index >= 15 is 0 Å². The number of alkyl halides is 3. The SMILES string of the molecule is CNC(=O)CN1CC2(CCN(Cc3nccs3)CC2)COc2ccccc2S1(=O)=O.O=C(O)C(F)(F)F. The summed E-state index contributed by atoms with van der Waals surface area (Å²) in [6, 6.07) is 6.66. The van der Waals surface area contributed by atoms with Gasteiger partial charge in [0.05, 0.1) is 19.7 Å². The number of thiazole rings is 1. The van der Waals surface area contributed by atoms with Gasteiger partial charge in [0.2, 0.25) is 15.9 Å². The fourth-order valence-corrected chi connectivity index (χ4v) is 6.35. The summed E-state index contributed by atoms with van der Waals surface area (Å²) in [7, 11) is -2.34. The largest absolute Gasteiger partial charge is 0.492 e. The quantitative estimate of drug-likeness (QED) is 0.578. The van der Waals surface area contributed by atoms with E-state index in [1.165, 1.54) is 17.4 Å². The molecule has 15 heteroatoms. The number of halogens is 3. The van der Waals surface area contributed by atoms with Gasteiger partial charge in [-0.05, 0) is 38.1 Å². The number of amides is 1. The van der Waals surface area contributed by atoms with Gasteiger partial charge in [0.25, 0.3) is 0 Å². The van der Waals surface area contributed by atoms with E-state index in [1.807, 2.05) is 11.6 Å². The zero-order valence-corrected chi connectivity index (χ0v) is 21.5. The number of nitrogens with zero attached hydrogens (tertiary/aromatic N) is 3. The maximum absolute atomic E-state index is 13.4. The van der Waals surface area contributed by atoms with Crippen LogP contribution in [0.2, 0.25) is 0 Å². The number of carboxylic acids is 1. The Hall–Kier alpha value is -2.75. The van der Waals surface area contributed by atoms with Crippen molar-refractivity contribution in [3.05, 3.63) is 40.8 Å². The van der Waals surface area contributed by atoms with Gasteiger partial charge in [0.1, 0.15) is 15.7 Å². The summed E-state index contributed by atoms with van der Waals surface area (Å²) in [5.41, 5.74) is -0.339. The number of aromatic nitrogens is 1. The zero-order chi connectivity index (χ0) is 27.3. The van der Waals surface area contributed by atoms with Gasteiger partial charge in [-0.3, -0.25) is 9.69 Å². The van der Waals surface area contributed by atoms with Crippen LogP contribution in [0, 0.1) is 5.41 Å². The molecule has 3 heterocycles. The number of nitrogens with one attached hydrogen (secondary N) is 1. The van der Waals surface area contributed by atoms with Crippen LogP contribution in [0.15, 0.2) is 40.7 Å². The third kappa shape index (κ3) is 7.40. The summed E-state index contributed by atoms with van der Waals surface area (Å²) in [5, 5.41) is 12.7. The molecule has 2 aliphatic rings. The zero-order valence-electron chi connectivity index (χ0n) is 19.9. The Morgan fingerprint density at radius 1 is 1.24 bits per heavy atom. The second kappa shape index (κ2) is 11.8. The van der Waals surface area contributed by atoms with Crippen LogP contribution in [0.4, 0.5) is 13.2 Å². The number of likely N-dealkylation sites (tertiary alicyclic amines) is 1. The summed E-state index contributed by atoms with van der Waals surface area (Å²) >= 11 is 1.64. The molecule has 204 valence electrons. The number of rotatable bonds is 4. The van der Waals surface area contributed by atoms with Gasteiger partial charge in [-0.1, -0.05) is 12.1 Å². The van der Waals surface area contributed by atoms with Gasteiger partial charge in [-0.2, -0.15) is 17.5 Å². The normalized spacial score (nSPS) is 19.4. The van der Waals surface area contributed by atoms with Crippen LogP contribution < -0.4 is 10.1 Å². The molecule has 0 saturated carbocycles. The molecule has 0 aliphatic carbocycles. The van der Waals surface area contributed by atoms with E-state index in [9.17, 15) is 26.4 Å². The first-order valence-corrected chi connectivity index (χ1v) is 13.5. The molecular formula is C22H27F3N4O6S2. The van der Waals surface area contributed by atoms with Crippen LogP contribution in [0.1, 0.15) is 17.8 Å². The summed E-state index contributed by atoms with van der Waals surface area (Å²) < 4.78 is 65.9. The first-order chi connectivity index (χ1) is 17.4. The van der Waals surface area contributed by atoms with E-state index in [0.717, 1.165) is 37.5 Å². The first-order valence-electron chi connectivity index (χ1n) is 11.2. The number of sulfonamides is 1. The highest BCUT2D eigenvalue weighted by atomic mass is 32.2. The van der Waals surface area contributed by atoms with Gasteiger partial charge < -0.3 is 15.2 Å². The minimum atomic E-state index is -5.08. The van der Waals surface area contributed by atoms with Crippen molar-refractivity contribution in [2.24, 2.45) is 5.41 Å². The Labute approximate surface area is 216 Å². The molecule has 1 aromatic carbocycles. The number of carbonyl (C=O) groups is 2. The van der Waals surface area contributed by atoms with Crippen LogP contribution in [-0.2, 0) is 26.2 Å². The van der Waals surface area contributed by atoms with E-state index in [2.05, 4.69) is 15.2 Å². The molecule has 10 nitrogen and oxygen atoms in total. The van der Waals surface area contributed by atoms with Crippen LogP contribution in [0.3, 0.4) is 0 Å². The standard InChI is InChI=1S/C20H26N4O4S2.C2HF3O2/c1-21-18(25)12-24-14-20(6-9-23(10-7-20)13-19-22-8-11-29-19)15-28-16-4-2-3-5-17(16)30(24,26)27;3-2(4,5)1(6)7/h2-5,8,11H,6-7,9-10,12-15H2,1H3,(H,21,25);(H,6,7). The molecule has 0 radical (unpaired) electrons. The lowest BCUT2D eigenvalue weighted by atomic mass is 9.78. The Kier molecular flexibility index (Phi) is 9.15. The van der Waals surface area contributed by atoms with E-state index in [-0.39, 0.29) is 29.3 Å². The molecule has 1 fully saturated rings. The topological polar surface area (TPSA) is 129 Å².